The van der Waals surface area contributed by atoms with Gasteiger partial charge in [-0.3, -0.25) is 10.1 Å². The van der Waals surface area contributed by atoms with Gasteiger partial charge < -0.3 is 10.1 Å². The number of piperidine rings is 1. The van der Waals surface area contributed by atoms with Crippen molar-refractivity contribution < 1.29 is 18.1 Å². The molecule has 1 unspecified atom stereocenters. The number of nitrogens with one attached hydrogen (secondary N) is 2. The summed E-state index contributed by atoms with van der Waals surface area (Å²) in [6, 6.07) is 3.43. The van der Waals surface area contributed by atoms with Gasteiger partial charge in [0.05, 0.1) is 18.1 Å². The molecule has 2 N–H and O–H groups in total. The molecule has 1 aromatic rings. The van der Waals surface area contributed by atoms with Gasteiger partial charge in [0.2, 0.25) is 10.0 Å². The van der Waals surface area contributed by atoms with Gasteiger partial charge in [-0.25, -0.2) is 13.1 Å². The molecule has 0 amide bonds. The van der Waals surface area contributed by atoms with E-state index in [4.69, 9.17) is 4.74 Å². The van der Waals surface area contributed by atoms with Crippen LogP contribution < -0.4 is 14.8 Å². The zero-order chi connectivity index (χ0) is 15.5. The molecule has 1 aliphatic rings. The lowest BCUT2D eigenvalue weighted by Crippen LogP contribution is -2.45. The van der Waals surface area contributed by atoms with Gasteiger partial charge in [-0.1, -0.05) is 0 Å². The summed E-state index contributed by atoms with van der Waals surface area (Å²) in [5, 5.41) is 14.2. The Morgan fingerprint density at radius 1 is 1.48 bits per heavy atom. The molecule has 0 aliphatic carbocycles. The fourth-order valence-corrected chi connectivity index (χ4v) is 3.65. The molecule has 8 nitrogen and oxygen atoms in total. The first kappa shape index (κ1) is 15.7. The van der Waals surface area contributed by atoms with E-state index in [1.807, 2.05) is 0 Å². The van der Waals surface area contributed by atoms with E-state index in [0.717, 1.165) is 19.0 Å². The molecule has 0 radical (unpaired) electrons. The Bertz CT molecular complexity index is 626. The summed E-state index contributed by atoms with van der Waals surface area (Å²) in [6.07, 6.45) is 1.56. The van der Waals surface area contributed by atoms with Crippen LogP contribution in [0.25, 0.3) is 0 Å². The number of benzene rings is 1. The maximum absolute atomic E-state index is 12.3. The van der Waals surface area contributed by atoms with Gasteiger partial charge in [-0.2, -0.15) is 0 Å². The van der Waals surface area contributed by atoms with Gasteiger partial charge in [-0.05, 0) is 31.5 Å². The SMILES string of the molecule is COc1ccc(S(=O)(=O)NC2CCCNC2)c([N+](=O)[O-])c1. The normalized spacial score (nSPS) is 19.2. The lowest BCUT2D eigenvalue weighted by molar-refractivity contribution is -0.387. The van der Waals surface area contributed by atoms with Crippen LogP contribution in [0, 0.1) is 10.1 Å². The lowest BCUT2D eigenvalue weighted by Gasteiger charge is -2.23. The third kappa shape index (κ3) is 3.69. The highest BCUT2D eigenvalue weighted by Crippen LogP contribution is 2.28. The van der Waals surface area contributed by atoms with Crippen LogP contribution in [0.5, 0.6) is 5.75 Å². The number of ether oxygens (including phenoxy) is 1. The molecule has 0 bridgehead atoms. The molecule has 0 saturated carbocycles. The Morgan fingerprint density at radius 2 is 2.24 bits per heavy atom. The summed E-state index contributed by atoms with van der Waals surface area (Å²) < 4.78 is 32.1. The monoisotopic (exact) mass is 315 g/mol. The van der Waals surface area contributed by atoms with E-state index in [0.29, 0.717) is 13.0 Å². The van der Waals surface area contributed by atoms with E-state index in [2.05, 4.69) is 10.0 Å². The predicted octanol–water partition coefficient (Wildman–Crippen LogP) is 0.634. The second kappa shape index (κ2) is 6.37. The van der Waals surface area contributed by atoms with Gasteiger partial charge in [0.25, 0.3) is 5.69 Å². The van der Waals surface area contributed by atoms with Gasteiger partial charge in [0.15, 0.2) is 4.90 Å². The predicted molar refractivity (Wildman–Crippen MR) is 75.9 cm³/mol. The van der Waals surface area contributed by atoms with Gasteiger partial charge in [-0.15, -0.1) is 0 Å². The highest BCUT2D eigenvalue weighted by Gasteiger charge is 2.29. The molecular formula is C12H17N3O5S. The third-order valence-corrected chi connectivity index (χ3v) is 4.84. The average molecular weight is 315 g/mol. The molecule has 0 spiro atoms. The first-order valence-electron chi connectivity index (χ1n) is 6.49. The Kier molecular flexibility index (Phi) is 4.76. The standard InChI is InChI=1S/C12H17N3O5S/c1-20-10-4-5-12(11(7-10)15(16)17)21(18,19)14-9-3-2-6-13-8-9/h4-5,7,9,13-14H,2-3,6,8H2,1H3. The second-order valence-corrected chi connectivity index (χ2v) is 6.44. The molecule has 116 valence electrons. The molecule has 1 heterocycles. The smallest absolute Gasteiger partial charge is 0.293 e. The zero-order valence-corrected chi connectivity index (χ0v) is 12.4. The molecule has 9 heteroatoms. The molecule has 1 aromatic carbocycles. The molecule has 1 fully saturated rings. The molecule has 1 aliphatic heterocycles. The number of hydrogen-bond donors (Lipinski definition) is 2. The van der Waals surface area contributed by atoms with Crippen LogP contribution in [0.3, 0.4) is 0 Å². The van der Waals surface area contributed by atoms with Crippen molar-refractivity contribution in [3.8, 4) is 5.75 Å². The summed E-state index contributed by atoms with van der Waals surface area (Å²) in [5.74, 6) is 0.236. The number of nitrogens with zero attached hydrogens (tertiary/aromatic N) is 1. The van der Waals surface area contributed by atoms with Crippen LogP contribution in [0.4, 0.5) is 5.69 Å². The number of rotatable bonds is 5. The van der Waals surface area contributed by atoms with E-state index in [-0.39, 0.29) is 16.7 Å². The maximum atomic E-state index is 12.3. The molecule has 2 rings (SSSR count). The fourth-order valence-electron chi connectivity index (χ4n) is 2.23. The van der Waals surface area contributed by atoms with Gasteiger partial charge in [0, 0.05) is 12.6 Å². The van der Waals surface area contributed by atoms with E-state index in [9.17, 15) is 18.5 Å². The molecule has 1 saturated heterocycles. The topological polar surface area (TPSA) is 111 Å². The van der Waals surface area contributed by atoms with Crippen LogP contribution in [-0.4, -0.2) is 39.6 Å². The number of nitro benzene ring substituents is 1. The summed E-state index contributed by atoms with van der Waals surface area (Å²) in [4.78, 5) is 10.00. The van der Waals surface area contributed by atoms with Crippen molar-refractivity contribution >= 4 is 15.7 Å². The lowest BCUT2D eigenvalue weighted by atomic mass is 10.1. The van der Waals surface area contributed by atoms with E-state index >= 15 is 0 Å². The average Bonchev–Trinajstić information content (AvgIpc) is 2.47. The number of nitro groups is 1. The van der Waals surface area contributed by atoms with Gasteiger partial charge in [0.1, 0.15) is 5.75 Å². The largest absolute Gasteiger partial charge is 0.497 e. The van der Waals surface area contributed by atoms with Crippen molar-refractivity contribution in [3.05, 3.63) is 28.3 Å². The Labute approximate surface area is 122 Å². The van der Waals surface area contributed by atoms with Crippen LogP contribution in [-0.2, 0) is 10.0 Å². The van der Waals surface area contributed by atoms with E-state index < -0.39 is 20.6 Å². The van der Waals surface area contributed by atoms with Crippen molar-refractivity contribution in [1.82, 2.24) is 10.0 Å². The van der Waals surface area contributed by atoms with Crippen LogP contribution in [0.1, 0.15) is 12.8 Å². The quantitative estimate of drug-likeness (QED) is 0.609. The number of sulfonamides is 1. The second-order valence-electron chi connectivity index (χ2n) is 4.76. The van der Waals surface area contributed by atoms with Crippen molar-refractivity contribution in [2.45, 2.75) is 23.8 Å². The zero-order valence-electron chi connectivity index (χ0n) is 11.5. The van der Waals surface area contributed by atoms with Crippen LogP contribution in [0.2, 0.25) is 0 Å². The molecule has 1 atom stereocenters. The summed E-state index contributed by atoms with van der Waals surface area (Å²) in [7, 11) is -2.59. The Hall–Kier alpha value is -1.71. The van der Waals surface area contributed by atoms with Crippen LogP contribution >= 0.6 is 0 Å². The highest BCUT2D eigenvalue weighted by atomic mass is 32.2. The van der Waals surface area contributed by atoms with Crippen molar-refractivity contribution in [3.63, 3.8) is 0 Å². The summed E-state index contributed by atoms with van der Waals surface area (Å²) >= 11 is 0. The minimum absolute atomic E-state index is 0.236. The summed E-state index contributed by atoms with van der Waals surface area (Å²) in [5.41, 5.74) is -0.495. The maximum Gasteiger partial charge on any atom is 0.293 e. The first-order valence-corrected chi connectivity index (χ1v) is 7.98. The number of methoxy groups -OCH3 is 1. The Morgan fingerprint density at radius 3 is 2.81 bits per heavy atom. The van der Waals surface area contributed by atoms with Crippen LogP contribution in [0.15, 0.2) is 23.1 Å². The van der Waals surface area contributed by atoms with E-state index in [1.165, 1.54) is 19.2 Å². The van der Waals surface area contributed by atoms with Crippen molar-refractivity contribution in [2.75, 3.05) is 20.2 Å². The van der Waals surface area contributed by atoms with Crippen molar-refractivity contribution in [2.24, 2.45) is 0 Å². The van der Waals surface area contributed by atoms with Gasteiger partial charge >= 0.3 is 0 Å². The Balaban J connectivity index is 2.32. The van der Waals surface area contributed by atoms with E-state index in [1.54, 1.807) is 0 Å². The summed E-state index contributed by atoms with van der Waals surface area (Å²) in [6.45, 7) is 1.37. The highest BCUT2D eigenvalue weighted by molar-refractivity contribution is 7.89. The number of hydrogen-bond acceptors (Lipinski definition) is 6. The minimum Gasteiger partial charge on any atom is -0.497 e. The minimum atomic E-state index is -3.95. The fraction of sp³-hybridized carbons (Fsp3) is 0.500. The first-order chi connectivity index (χ1) is 9.94. The molecular weight excluding hydrogens is 298 g/mol. The van der Waals surface area contributed by atoms with Crippen molar-refractivity contribution in [1.29, 1.82) is 0 Å². The molecule has 0 aromatic heterocycles. The molecule has 21 heavy (non-hydrogen) atoms. The third-order valence-electron chi connectivity index (χ3n) is 3.27.